The summed E-state index contributed by atoms with van der Waals surface area (Å²) in [5.41, 5.74) is 12.4. The first kappa shape index (κ1) is 41.3. The predicted molar refractivity (Wildman–Crippen MR) is 164 cm³/mol. The predicted octanol–water partition coefficient (Wildman–Crippen LogP) is -1.28. The molecule has 50 heavy (non-hydrogen) atoms. The van der Waals surface area contributed by atoms with Gasteiger partial charge in [-0.05, 0) is 5.53 Å². The quantitative estimate of drug-likeness (QED) is 0.0263. The topological polar surface area (TPSA) is 395 Å². The number of hydrogen-bond donors (Lipinski definition) is 9. The number of anilines is 1. The maximum atomic E-state index is 12.6. The highest BCUT2D eigenvalue weighted by Gasteiger charge is 2.50. The lowest BCUT2D eigenvalue weighted by molar-refractivity contribution is -0.137. The van der Waals surface area contributed by atoms with E-state index in [9.17, 15) is 53.1 Å². The molecule has 3 heterocycles. The van der Waals surface area contributed by atoms with Gasteiger partial charge in [-0.1, -0.05) is 19.0 Å². The number of nitrogens with zero attached hydrogens (tertiary/aromatic N) is 7. The van der Waals surface area contributed by atoms with Crippen LogP contribution in [0.25, 0.3) is 21.6 Å². The number of fused-ring (bicyclic) bond motifs is 1. The lowest BCUT2D eigenvalue weighted by Crippen LogP contribution is -2.46. The van der Waals surface area contributed by atoms with Gasteiger partial charge in [-0.2, -0.15) is 4.31 Å². The molecule has 7 atom stereocenters. The molecule has 2 aromatic rings. The van der Waals surface area contributed by atoms with Crippen molar-refractivity contribution in [1.82, 2.24) is 30.2 Å². The third-order valence-corrected chi connectivity index (χ3v) is 9.77. The summed E-state index contributed by atoms with van der Waals surface area (Å²) < 4.78 is 61.7. The van der Waals surface area contributed by atoms with Crippen molar-refractivity contribution < 1.29 is 75.7 Å². The minimum Gasteiger partial charge on any atom is -0.386 e. The van der Waals surface area contributed by atoms with E-state index < -0.39 is 84.6 Å². The van der Waals surface area contributed by atoms with E-state index in [-0.39, 0.29) is 43.0 Å². The number of imidazole rings is 1. The van der Waals surface area contributed by atoms with E-state index in [4.69, 9.17) is 25.0 Å². The van der Waals surface area contributed by atoms with Crippen LogP contribution in [0.5, 0.6) is 0 Å². The number of nitrogens with one attached hydrogen (secondary N) is 2. The molecule has 0 aliphatic carbocycles. The molecule has 1 saturated heterocycles. The average molecular weight is 776 g/mol. The summed E-state index contributed by atoms with van der Waals surface area (Å²) >= 11 is 0. The molecule has 0 aromatic carbocycles. The van der Waals surface area contributed by atoms with E-state index in [2.05, 4.69) is 44.4 Å². The fraction of sp³-hybridized carbons (Fsp3) is 0.667. The number of aromatic nitrogens is 4. The molecule has 0 spiro atoms. The van der Waals surface area contributed by atoms with Gasteiger partial charge in [0.1, 0.15) is 36.3 Å². The largest absolute Gasteiger partial charge is 0.481 e. The van der Waals surface area contributed by atoms with Crippen LogP contribution in [0.2, 0.25) is 0 Å². The van der Waals surface area contributed by atoms with Crippen LogP contribution in [0.4, 0.5) is 5.82 Å². The summed E-state index contributed by atoms with van der Waals surface area (Å²) in [6.45, 7) is 0.323. The number of phosphoric acid groups is 3. The normalized spacial score (nSPS) is 22.6. The Hall–Kier alpha value is -3.15. The summed E-state index contributed by atoms with van der Waals surface area (Å²) in [5, 5.41) is 29.2. The van der Waals surface area contributed by atoms with Crippen molar-refractivity contribution in [2.75, 3.05) is 38.6 Å². The maximum absolute atomic E-state index is 12.6. The SMILES string of the molecule is CC(C)(COP(=O)(O)OP(=O)(O)OCC1OC(n2cnc3c(N)ncnc32)C(O)C1OP(=O)(O)O)C(O)C(=O)NCCC(=O)NCCN=[N+]=[N-]. The summed E-state index contributed by atoms with van der Waals surface area (Å²) in [6, 6.07) is 0. The number of carbonyl (C=O) groups is 2. The monoisotopic (exact) mass is 776 g/mol. The average Bonchev–Trinajstić information content (AvgIpc) is 3.57. The third-order valence-electron chi connectivity index (χ3n) is 6.67. The van der Waals surface area contributed by atoms with E-state index in [1.54, 1.807) is 0 Å². The molecule has 26 nitrogen and oxygen atoms in total. The summed E-state index contributed by atoms with van der Waals surface area (Å²) in [6.07, 6.45) is -6.94. The Morgan fingerprint density at radius 3 is 2.48 bits per heavy atom. The fourth-order valence-electron chi connectivity index (χ4n) is 4.23. The zero-order chi connectivity index (χ0) is 37.5. The molecule has 0 saturated carbocycles. The van der Waals surface area contributed by atoms with Gasteiger partial charge in [0.15, 0.2) is 17.7 Å². The van der Waals surface area contributed by atoms with E-state index in [0.717, 1.165) is 17.2 Å². The van der Waals surface area contributed by atoms with Crippen LogP contribution >= 0.6 is 23.5 Å². The Kier molecular flexibility index (Phi) is 14.0. The second kappa shape index (κ2) is 16.9. The molecule has 7 unspecified atom stereocenters. The van der Waals surface area contributed by atoms with Crippen LogP contribution in [-0.2, 0) is 45.9 Å². The molecule has 1 aliphatic rings. The molecule has 0 radical (unpaired) electrons. The molecular weight excluding hydrogens is 741 g/mol. The first-order chi connectivity index (χ1) is 23.2. The van der Waals surface area contributed by atoms with E-state index in [0.29, 0.717) is 0 Å². The van der Waals surface area contributed by atoms with Crippen LogP contribution in [0.1, 0.15) is 26.5 Å². The van der Waals surface area contributed by atoms with E-state index >= 15 is 0 Å². The van der Waals surface area contributed by atoms with Gasteiger partial charge in [-0.25, -0.2) is 28.6 Å². The summed E-state index contributed by atoms with van der Waals surface area (Å²) in [4.78, 5) is 77.3. The highest BCUT2D eigenvalue weighted by Crippen LogP contribution is 2.61. The maximum Gasteiger partial charge on any atom is 0.481 e. The van der Waals surface area contributed by atoms with Gasteiger partial charge in [0, 0.05) is 36.4 Å². The molecule has 3 rings (SSSR count). The standard InChI is InChI=1S/C21H35N10O16P3/c1-21(2,16(34)19(35)25-4-3-12(32)24-5-6-29-30-23)8-44-50(41,42)47-49(39,40)43-7-11-15(46-48(36,37)38)14(33)20(45-11)31-10-28-13-17(22)26-9-27-18(13)31/h9-11,14-16,20,33-34H,3-8H2,1-2H3,(H,24,32)(H,25,35)(H,39,40)(H,41,42)(H2,22,26,27)(H2,36,37,38). The third kappa shape index (κ3) is 11.7. The fourth-order valence-corrected chi connectivity index (χ4v) is 7.06. The van der Waals surface area contributed by atoms with Gasteiger partial charge >= 0.3 is 23.5 Å². The second-order valence-corrected chi connectivity index (χ2v) is 15.3. The number of azide groups is 1. The van der Waals surface area contributed by atoms with E-state index in [1.807, 2.05) is 0 Å². The molecule has 10 N–H and O–H groups in total. The van der Waals surface area contributed by atoms with Crippen molar-refractivity contribution in [3.8, 4) is 0 Å². The minimum atomic E-state index is -5.56. The van der Waals surface area contributed by atoms with Crippen LogP contribution in [0.3, 0.4) is 0 Å². The van der Waals surface area contributed by atoms with Crippen LogP contribution < -0.4 is 16.4 Å². The van der Waals surface area contributed by atoms with Crippen LogP contribution in [0.15, 0.2) is 17.8 Å². The number of nitrogen functional groups attached to an aromatic ring is 1. The van der Waals surface area contributed by atoms with Crippen molar-refractivity contribution in [3.05, 3.63) is 23.1 Å². The summed E-state index contributed by atoms with van der Waals surface area (Å²) in [5.74, 6) is -1.52. The second-order valence-electron chi connectivity index (χ2n) is 11.0. The number of rotatable bonds is 19. The van der Waals surface area contributed by atoms with Gasteiger partial charge in [-0.3, -0.25) is 27.7 Å². The first-order valence-corrected chi connectivity index (χ1v) is 18.6. The van der Waals surface area contributed by atoms with Crippen molar-refractivity contribution in [3.63, 3.8) is 0 Å². The molecule has 1 aliphatic heterocycles. The molecular formula is C21H35N10O16P3. The zero-order valence-corrected chi connectivity index (χ0v) is 28.8. The Balaban J connectivity index is 1.57. The Morgan fingerprint density at radius 1 is 1.14 bits per heavy atom. The number of ether oxygens (including phenoxy) is 1. The van der Waals surface area contributed by atoms with Crippen molar-refractivity contribution in [1.29, 1.82) is 0 Å². The number of amides is 2. The Morgan fingerprint density at radius 2 is 1.82 bits per heavy atom. The van der Waals surface area contributed by atoms with Crippen molar-refractivity contribution in [2.45, 2.75) is 50.9 Å². The van der Waals surface area contributed by atoms with Gasteiger partial charge in [0.05, 0.1) is 19.5 Å². The highest BCUT2D eigenvalue weighted by molar-refractivity contribution is 7.61. The van der Waals surface area contributed by atoms with Gasteiger partial charge in [0.25, 0.3) is 0 Å². The number of aliphatic hydroxyl groups excluding tert-OH is 2. The van der Waals surface area contributed by atoms with Crippen molar-refractivity contribution >= 4 is 52.3 Å². The molecule has 2 aromatic heterocycles. The summed E-state index contributed by atoms with van der Waals surface area (Å²) in [7, 11) is -16.4. The Bertz CT molecular complexity index is 1720. The zero-order valence-electron chi connectivity index (χ0n) is 26.1. The van der Waals surface area contributed by atoms with Crippen molar-refractivity contribution in [2.24, 2.45) is 10.5 Å². The van der Waals surface area contributed by atoms with Gasteiger partial charge in [0.2, 0.25) is 11.8 Å². The minimum absolute atomic E-state index is 0.0178. The number of phosphoric ester groups is 3. The number of aliphatic hydroxyl groups is 2. The Labute approximate surface area is 281 Å². The molecule has 2 amide bonds. The number of carbonyl (C=O) groups excluding carboxylic acids is 2. The van der Waals surface area contributed by atoms with Gasteiger partial charge < -0.3 is 50.9 Å². The lowest BCUT2D eigenvalue weighted by Gasteiger charge is -2.30. The first-order valence-electron chi connectivity index (χ1n) is 14.1. The molecule has 29 heteroatoms. The molecule has 0 bridgehead atoms. The van der Waals surface area contributed by atoms with E-state index in [1.165, 1.54) is 13.8 Å². The van der Waals surface area contributed by atoms with Gasteiger partial charge in [-0.15, -0.1) is 0 Å². The molecule has 280 valence electrons. The lowest BCUT2D eigenvalue weighted by atomic mass is 9.87. The highest BCUT2D eigenvalue weighted by atomic mass is 31.3. The van der Waals surface area contributed by atoms with Crippen LogP contribution in [-0.4, -0.2) is 118 Å². The number of hydrogen-bond acceptors (Lipinski definition) is 17. The smallest absolute Gasteiger partial charge is 0.386 e. The van der Waals surface area contributed by atoms with Crippen LogP contribution in [0, 0.1) is 5.41 Å². The number of nitrogens with two attached hydrogens (primary N) is 1. The molecule has 1 fully saturated rings.